The molecule has 0 unspecified atom stereocenters. The van der Waals surface area contributed by atoms with Crippen molar-refractivity contribution in [3.05, 3.63) is 24.3 Å². The summed E-state index contributed by atoms with van der Waals surface area (Å²) in [6.45, 7) is 2.58. The van der Waals surface area contributed by atoms with Gasteiger partial charge in [0, 0.05) is 6.54 Å². The highest BCUT2D eigenvalue weighted by molar-refractivity contribution is 7.99. The summed E-state index contributed by atoms with van der Waals surface area (Å²) >= 11 is 1.18. The van der Waals surface area contributed by atoms with Gasteiger partial charge < -0.3 is 15.0 Å². The van der Waals surface area contributed by atoms with Gasteiger partial charge in [-0.3, -0.25) is 10.1 Å². The monoisotopic (exact) mass is 335 g/mol. The fraction of sp³-hybridized carbons (Fsp3) is 0.286. The zero-order valence-corrected chi connectivity index (χ0v) is 13.6. The molecule has 0 fully saturated rings. The maximum Gasteiger partial charge on any atom is 0.318 e. The predicted molar refractivity (Wildman–Crippen MR) is 86.1 cm³/mol. The number of nitrogens with two attached hydrogens (primary N) is 1. The fourth-order valence-electron chi connectivity index (χ4n) is 2.01. The van der Waals surface area contributed by atoms with Crippen LogP contribution in [0.1, 0.15) is 6.92 Å². The number of rotatable bonds is 6. The summed E-state index contributed by atoms with van der Waals surface area (Å²) in [6.07, 6.45) is 0. The number of para-hydroxylation sites is 1. The van der Waals surface area contributed by atoms with Gasteiger partial charge in [-0.2, -0.15) is 0 Å². The Morgan fingerprint density at radius 3 is 2.74 bits per heavy atom. The molecule has 0 spiro atoms. The number of hydrogen-bond acceptors (Lipinski definition) is 6. The zero-order valence-electron chi connectivity index (χ0n) is 12.8. The highest BCUT2D eigenvalue weighted by Gasteiger charge is 2.17. The van der Waals surface area contributed by atoms with E-state index >= 15 is 0 Å². The third-order valence-electron chi connectivity index (χ3n) is 2.98. The van der Waals surface area contributed by atoms with Gasteiger partial charge in [-0.1, -0.05) is 23.9 Å². The lowest BCUT2D eigenvalue weighted by Gasteiger charge is -2.10. The van der Waals surface area contributed by atoms with E-state index in [9.17, 15) is 9.59 Å². The van der Waals surface area contributed by atoms with Crippen LogP contribution in [0.25, 0.3) is 11.4 Å². The Balaban J connectivity index is 2.23. The quantitative estimate of drug-likeness (QED) is 0.769. The molecule has 1 aromatic carbocycles. The van der Waals surface area contributed by atoms with Crippen molar-refractivity contribution in [3.8, 4) is 17.1 Å². The van der Waals surface area contributed by atoms with E-state index in [0.717, 1.165) is 5.56 Å². The lowest BCUT2D eigenvalue weighted by molar-refractivity contribution is -0.117. The second-order valence-corrected chi connectivity index (χ2v) is 5.39. The third-order valence-corrected chi connectivity index (χ3v) is 3.94. The van der Waals surface area contributed by atoms with Crippen molar-refractivity contribution < 1.29 is 14.3 Å². The number of carbonyl (C=O) groups excluding carboxylic acids is 2. The van der Waals surface area contributed by atoms with E-state index in [-0.39, 0.29) is 5.75 Å². The molecular weight excluding hydrogens is 318 g/mol. The summed E-state index contributed by atoms with van der Waals surface area (Å²) in [5, 5.41) is 10.9. The normalized spacial score (nSPS) is 10.3. The predicted octanol–water partition coefficient (Wildman–Crippen LogP) is 1.26. The molecule has 0 aliphatic carbocycles. The smallest absolute Gasteiger partial charge is 0.318 e. The van der Waals surface area contributed by atoms with Crippen LogP contribution in [0.4, 0.5) is 4.79 Å². The standard InChI is InChI=1S/C14H17N5O3S/c1-3-19-12(9-6-4-5-7-10(9)22-2)17-18-14(19)23-8-11(20)16-13(15)21/h4-7H,3,8H2,1-2H3,(H3,15,16,20,21). The molecule has 2 rings (SSSR count). The van der Waals surface area contributed by atoms with Crippen LogP contribution in [0.3, 0.4) is 0 Å². The van der Waals surface area contributed by atoms with Crippen LogP contribution >= 0.6 is 11.8 Å². The lowest BCUT2D eigenvalue weighted by atomic mass is 10.2. The highest BCUT2D eigenvalue weighted by atomic mass is 32.2. The molecule has 9 heteroatoms. The van der Waals surface area contributed by atoms with Crippen LogP contribution in [0.15, 0.2) is 29.4 Å². The van der Waals surface area contributed by atoms with Gasteiger partial charge in [0.25, 0.3) is 0 Å². The second-order valence-electron chi connectivity index (χ2n) is 4.45. The number of methoxy groups -OCH3 is 1. The summed E-state index contributed by atoms with van der Waals surface area (Å²) in [5.41, 5.74) is 5.72. The zero-order chi connectivity index (χ0) is 16.8. The van der Waals surface area contributed by atoms with E-state index in [4.69, 9.17) is 10.5 Å². The average molecular weight is 335 g/mol. The van der Waals surface area contributed by atoms with E-state index in [0.29, 0.717) is 23.3 Å². The van der Waals surface area contributed by atoms with Crippen LogP contribution in [-0.4, -0.2) is 39.6 Å². The molecule has 0 radical (unpaired) electrons. The largest absolute Gasteiger partial charge is 0.496 e. The number of aromatic nitrogens is 3. The van der Waals surface area contributed by atoms with Gasteiger partial charge in [-0.25, -0.2) is 4.79 Å². The molecule has 3 amide bonds. The van der Waals surface area contributed by atoms with Crippen LogP contribution in [0, 0.1) is 0 Å². The molecule has 0 saturated carbocycles. The molecule has 2 aromatic rings. The van der Waals surface area contributed by atoms with Crippen molar-refractivity contribution in [2.75, 3.05) is 12.9 Å². The van der Waals surface area contributed by atoms with E-state index in [1.54, 1.807) is 7.11 Å². The fourth-order valence-corrected chi connectivity index (χ4v) is 2.82. The Morgan fingerprint density at radius 2 is 2.09 bits per heavy atom. The van der Waals surface area contributed by atoms with Crippen molar-refractivity contribution in [2.45, 2.75) is 18.6 Å². The molecule has 1 heterocycles. The third kappa shape index (κ3) is 4.01. The number of thioether (sulfide) groups is 1. The van der Waals surface area contributed by atoms with E-state index in [1.807, 2.05) is 41.1 Å². The first-order chi connectivity index (χ1) is 11.1. The number of nitrogens with zero attached hydrogens (tertiary/aromatic N) is 3. The van der Waals surface area contributed by atoms with Gasteiger partial charge >= 0.3 is 6.03 Å². The first-order valence-corrected chi connectivity index (χ1v) is 7.84. The van der Waals surface area contributed by atoms with E-state index in [2.05, 4.69) is 10.2 Å². The first kappa shape index (κ1) is 16.8. The summed E-state index contributed by atoms with van der Waals surface area (Å²) in [7, 11) is 1.59. The molecule has 23 heavy (non-hydrogen) atoms. The molecule has 0 saturated heterocycles. The summed E-state index contributed by atoms with van der Waals surface area (Å²) in [5.74, 6) is 0.889. The SMILES string of the molecule is CCn1c(SCC(=O)NC(N)=O)nnc1-c1ccccc1OC. The summed E-state index contributed by atoms with van der Waals surface area (Å²) in [4.78, 5) is 22.1. The average Bonchev–Trinajstić information content (AvgIpc) is 2.94. The van der Waals surface area contributed by atoms with Crippen molar-refractivity contribution in [1.29, 1.82) is 0 Å². The summed E-state index contributed by atoms with van der Waals surface area (Å²) in [6, 6.07) is 6.63. The Bertz CT molecular complexity index is 716. The van der Waals surface area contributed by atoms with E-state index < -0.39 is 11.9 Å². The van der Waals surface area contributed by atoms with Crippen molar-refractivity contribution >= 4 is 23.7 Å². The number of amides is 3. The molecule has 0 aliphatic rings. The molecule has 3 N–H and O–H groups in total. The topological polar surface area (TPSA) is 112 Å². The Kier molecular flexibility index (Phi) is 5.58. The van der Waals surface area contributed by atoms with Gasteiger partial charge in [0.2, 0.25) is 5.91 Å². The van der Waals surface area contributed by atoms with Crippen LogP contribution < -0.4 is 15.8 Å². The van der Waals surface area contributed by atoms with Gasteiger partial charge in [0.05, 0.1) is 18.4 Å². The van der Waals surface area contributed by atoms with Gasteiger partial charge in [-0.15, -0.1) is 10.2 Å². The van der Waals surface area contributed by atoms with Gasteiger partial charge in [0.1, 0.15) is 5.75 Å². The van der Waals surface area contributed by atoms with Gasteiger partial charge in [-0.05, 0) is 19.1 Å². The summed E-state index contributed by atoms with van der Waals surface area (Å²) < 4.78 is 7.22. The van der Waals surface area contributed by atoms with Crippen LogP contribution in [-0.2, 0) is 11.3 Å². The Morgan fingerprint density at radius 1 is 1.35 bits per heavy atom. The maximum atomic E-state index is 11.5. The van der Waals surface area contributed by atoms with E-state index in [1.165, 1.54) is 11.8 Å². The number of hydrogen-bond donors (Lipinski definition) is 2. The number of carbonyl (C=O) groups is 2. The Labute approximate surface area is 137 Å². The van der Waals surface area contributed by atoms with Gasteiger partial charge in [0.15, 0.2) is 11.0 Å². The number of imide groups is 1. The minimum atomic E-state index is -0.873. The minimum absolute atomic E-state index is 0.0208. The highest BCUT2D eigenvalue weighted by Crippen LogP contribution is 2.30. The second kappa shape index (κ2) is 7.63. The molecule has 0 aliphatic heterocycles. The Hall–Kier alpha value is -2.55. The molecule has 122 valence electrons. The first-order valence-electron chi connectivity index (χ1n) is 6.85. The number of primary amides is 1. The van der Waals surface area contributed by atoms with Crippen LogP contribution in [0.2, 0.25) is 0 Å². The maximum absolute atomic E-state index is 11.5. The van der Waals surface area contributed by atoms with Crippen LogP contribution in [0.5, 0.6) is 5.75 Å². The number of benzene rings is 1. The molecule has 1 aromatic heterocycles. The minimum Gasteiger partial charge on any atom is -0.496 e. The molecule has 0 bridgehead atoms. The van der Waals surface area contributed by atoms with Crippen molar-refractivity contribution in [3.63, 3.8) is 0 Å². The number of nitrogens with one attached hydrogen (secondary N) is 1. The number of urea groups is 1. The lowest BCUT2D eigenvalue weighted by Crippen LogP contribution is -2.36. The number of ether oxygens (including phenoxy) is 1. The van der Waals surface area contributed by atoms with Crippen molar-refractivity contribution in [2.24, 2.45) is 5.73 Å². The van der Waals surface area contributed by atoms with Crippen molar-refractivity contribution in [1.82, 2.24) is 20.1 Å². The molecule has 8 nitrogen and oxygen atoms in total. The molecular formula is C14H17N5O3S. The molecule has 0 atom stereocenters.